The highest BCUT2D eigenvalue weighted by Crippen LogP contribution is 2.13. The molecule has 2 atom stereocenters. The first-order valence-corrected chi connectivity index (χ1v) is 16.0. The summed E-state index contributed by atoms with van der Waals surface area (Å²) in [6.07, 6.45) is 17.4. The van der Waals surface area contributed by atoms with Crippen LogP contribution in [0.25, 0.3) is 0 Å². The van der Waals surface area contributed by atoms with E-state index in [-0.39, 0.29) is 43.3 Å². The molecular formula is C31H57N3O7. The van der Waals surface area contributed by atoms with Crippen molar-refractivity contribution in [2.75, 3.05) is 6.54 Å². The maximum Gasteiger partial charge on any atom is 0.326 e. The van der Waals surface area contributed by atoms with Crippen molar-refractivity contribution in [3.63, 3.8) is 0 Å². The average molecular weight is 584 g/mol. The molecule has 0 saturated carbocycles. The van der Waals surface area contributed by atoms with Gasteiger partial charge in [0.15, 0.2) is 0 Å². The Morgan fingerprint density at radius 1 is 0.634 bits per heavy atom. The second kappa shape index (κ2) is 26.4. The maximum absolute atomic E-state index is 12.2. The van der Waals surface area contributed by atoms with E-state index in [0.717, 1.165) is 70.6 Å². The lowest BCUT2D eigenvalue weighted by Gasteiger charge is -2.14. The first-order valence-electron chi connectivity index (χ1n) is 16.0. The van der Waals surface area contributed by atoms with Crippen LogP contribution in [0.3, 0.4) is 0 Å². The number of carboxylic acid groups (broad SMARTS) is 2. The second-order valence-corrected chi connectivity index (χ2v) is 11.2. The Labute approximate surface area is 247 Å². The Kier molecular flexibility index (Phi) is 24.8. The zero-order chi connectivity index (χ0) is 30.7. The molecule has 41 heavy (non-hydrogen) atoms. The quantitative estimate of drug-likeness (QED) is 0.0741. The van der Waals surface area contributed by atoms with E-state index in [0.29, 0.717) is 25.8 Å². The van der Waals surface area contributed by atoms with Crippen LogP contribution in [0.5, 0.6) is 0 Å². The van der Waals surface area contributed by atoms with Gasteiger partial charge in [-0.1, -0.05) is 84.0 Å². The van der Waals surface area contributed by atoms with Crippen molar-refractivity contribution in [1.29, 1.82) is 0 Å². The van der Waals surface area contributed by atoms with Gasteiger partial charge in [-0.25, -0.2) is 4.79 Å². The molecule has 0 bridgehead atoms. The summed E-state index contributed by atoms with van der Waals surface area (Å²) >= 11 is 0. The molecule has 0 saturated heterocycles. The van der Waals surface area contributed by atoms with E-state index in [2.05, 4.69) is 10.6 Å². The lowest BCUT2D eigenvalue weighted by molar-refractivity contribution is -0.142. The Hall–Kier alpha value is -2.49. The molecule has 0 unspecified atom stereocenters. The molecule has 0 aliphatic heterocycles. The van der Waals surface area contributed by atoms with Crippen LogP contribution in [0.4, 0.5) is 0 Å². The standard InChI is InChI=1S/C31H57N3O7/c1-2-24-33-30(39)26(32)19-15-13-14-18-25(35)22-23-27(31(40)41)34-28(36)20-16-11-9-7-5-3-4-6-8-10-12-17-21-29(37)38/h26-27H,2-24,32H2,1H3,(H,33,39)(H,34,36)(H,37,38)(H,40,41)/t26-,27-/m0/s1. The highest BCUT2D eigenvalue weighted by Gasteiger charge is 2.20. The Morgan fingerprint density at radius 3 is 1.63 bits per heavy atom. The van der Waals surface area contributed by atoms with Gasteiger partial charge in [0.05, 0.1) is 6.04 Å². The Balaban J connectivity index is 3.80. The smallest absolute Gasteiger partial charge is 0.326 e. The number of carbonyl (C=O) groups is 5. The number of carbonyl (C=O) groups excluding carboxylic acids is 3. The second-order valence-electron chi connectivity index (χ2n) is 11.2. The van der Waals surface area contributed by atoms with Crippen LogP contribution in [0.15, 0.2) is 0 Å². The molecular weight excluding hydrogens is 526 g/mol. The van der Waals surface area contributed by atoms with Crippen molar-refractivity contribution in [2.24, 2.45) is 5.73 Å². The molecule has 238 valence electrons. The molecule has 10 heteroatoms. The number of hydrogen-bond acceptors (Lipinski definition) is 6. The molecule has 0 heterocycles. The summed E-state index contributed by atoms with van der Waals surface area (Å²) in [6.45, 7) is 2.59. The fourth-order valence-corrected chi connectivity index (χ4v) is 4.66. The summed E-state index contributed by atoms with van der Waals surface area (Å²) in [6, 6.07) is -1.59. The fourth-order valence-electron chi connectivity index (χ4n) is 4.66. The monoisotopic (exact) mass is 583 g/mol. The molecule has 0 fully saturated rings. The van der Waals surface area contributed by atoms with Gasteiger partial charge in [0.25, 0.3) is 0 Å². The van der Waals surface area contributed by atoms with Crippen molar-refractivity contribution in [3.05, 3.63) is 0 Å². The highest BCUT2D eigenvalue weighted by atomic mass is 16.4. The van der Waals surface area contributed by atoms with Gasteiger partial charge in [-0.15, -0.1) is 0 Å². The largest absolute Gasteiger partial charge is 0.481 e. The average Bonchev–Trinajstić information content (AvgIpc) is 2.93. The van der Waals surface area contributed by atoms with E-state index < -0.39 is 24.0 Å². The zero-order valence-electron chi connectivity index (χ0n) is 25.4. The fraction of sp³-hybridized carbons (Fsp3) is 0.839. The third kappa shape index (κ3) is 25.0. The number of unbranched alkanes of at least 4 members (excludes halogenated alkanes) is 13. The van der Waals surface area contributed by atoms with Crippen LogP contribution in [0, 0.1) is 0 Å². The number of rotatable bonds is 29. The molecule has 0 aromatic carbocycles. The lowest BCUT2D eigenvalue weighted by Crippen LogP contribution is -2.41. The van der Waals surface area contributed by atoms with Crippen molar-refractivity contribution >= 4 is 29.5 Å². The molecule has 0 aliphatic rings. The highest BCUT2D eigenvalue weighted by molar-refractivity contribution is 5.84. The van der Waals surface area contributed by atoms with E-state index in [4.69, 9.17) is 10.8 Å². The van der Waals surface area contributed by atoms with Crippen LogP contribution >= 0.6 is 0 Å². The van der Waals surface area contributed by atoms with Gasteiger partial charge in [-0.3, -0.25) is 19.2 Å². The van der Waals surface area contributed by atoms with E-state index in [1.807, 2.05) is 6.92 Å². The van der Waals surface area contributed by atoms with Gasteiger partial charge in [-0.05, 0) is 38.5 Å². The lowest BCUT2D eigenvalue weighted by atomic mass is 10.0. The molecule has 0 aromatic heterocycles. The molecule has 6 N–H and O–H groups in total. The van der Waals surface area contributed by atoms with E-state index in [9.17, 15) is 29.1 Å². The first kappa shape index (κ1) is 38.5. The van der Waals surface area contributed by atoms with Gasteiger partial charge in [-0.2, -0.15) is 0 Å². The number of carboxylic acids is 2. The number of Topliss-reactive ketones (excluding diaryl/α,β-unsaturated/α-hetero) is 1. The number of nitrogens with two attached hydrogens (primary N) is 1. The number of nitrogens with one attached hydrogen (secondary N) is 2. The maximum atomic E-state index is 12.2. The first-order chi connectivity index (χ1) is 19.7. The molecule has 10 nitrogen and oxygen atoms in total. The minimum absolute atomic E-state index is 0.0220. The summed E-state index contributed by atoms with van der Waals surface area (Å²) < 4.78 is 0. The summed E-state index contributed by atoms with van der Waals surface area (Å²) in [4.78, 5) is 58.2. The van der Waals surface area contributed by atoms with Gasteiger partial charge < -0.3 is 26.6 Å². The predicted molar refractivity (Wildman–Crippen MR) is 160 cm³/mol. The molecule has 2 amide bonds. The van der Waals surface area contributed by atoms with Crippen molar-refractivity contribution in [1.82, 2.24) is 10.6 Å². The number of amides is 2. The summed E-state index contributed by atoms with van der Waals surface area (Å²) in [5.74, 6) is -2.29. The van der Waals surface area contributed by atoms with Crippen LogP contribution in [-0.4, -0.2) is 58.4 Å². The molecule has 0 aliphatic carbocycles. The zero-order valence-corrected chi connectivity index (χ0v) is 25.4. The third-order valence-corrected chi connectivity index (χ3v) is 7.25. The van der Waals surface area contributed by atoms with Crippen molar-refractivity contribution in [3.8, 4) is 0 Å². The summed E-state index contributed by atoms with van der Waals surface area (Å²) in [7, 11) is 0. The van der Waals surface area contributed by atoms with E-state index in [1.165, 1.54) is 25.7 Å². The molecule has 0 radical (unpaired) electrons. The minimum Gasteiger partial charge on any atom is -0.481 e. The number of ketones is 1. The van der Waals surface area contributed by atoms with Crippen LogP contribution in [0.1, 0.15) is 148 Å². The van der Waals surface area contributed by atoms with Crippen LogP contribution in [0.2, 0.25) is 0 Å². The molecule has 0 rings (SSSR count). The topological polar surface area (TPSA) is 176 Å². The Bertz CT molecular complexity index is 745. The van der Waals surface area contributed by atoms with Gasteiger partial charge in [0, 0.05) is 32.2 Å². The molecule has 0 spiro atoms. The Morgan fingerprint density at radius 2 is 1.12 bits per heavy atom. The van der Waals surface area contributed by atoms with Crippen molar-refractivity contribution < 1.29 is 34.2 Å². The third-order valence-electron chi connectivity index (χ3n) is 7.25. The minimum atomic E-state index is -1.12. The van der Waals surface area contributed by atoms with Crippen LogP contribution in [-0.2, 0) is 24.0 Å². The summed E-state index contributed by atoms with van der Waals surface area (Å²) in [5, 5.41) is 23.4. The predicted octanol–water partition coefficient (Wildman–Crippen LogP) is 5.26. The van der Waals surface area contributed by atoms with E-state index in [1.54, 1.807) is 0 Å². The van der Waals surface area contributed by atoms with Gasteiger partial charge in [0.2, 0.25) is 11.8 Å². The molecule has 0 aromatic rings. The van der Waals surface area contributed by atoms with Gasteiger partial charge in [0.1, 0.15) is 11.8 Å². The number of aliphatic carboxylic acids is 2. The number of hydrogen-bond donors (Lipinski definition) is 5. The van der Waals surface area contributed by atoms with Gasteiger partial charge >= 0.3 is 11.9 Å². The summed E-state index contributed by atoms with van der Waals surface area (Å²) in [5.41, 5.74) is 5.86. The van der Waals surface area contributed by atoms with Crippen LogP contribution < -0.4 is 16.4 Å². The van der Waals surface area contributed by atoms with Crippen molar-refractivity contribution in [2.45, 2.75) is 160 Å². The van der Waals surface area contributed by atoms with E-state index >= 15 is 0 Å². The SMILES string of the molecule is CCCNC(=O)[C@@H](N)CCCCCC(=O)CC[C@H](NC(=O)CCCCCCCCCCCCCCC(=O)O)C(=O)O. The normalized spacial score (nSPS) is 12.4.